The Hall–Kier alpha value is -3.34. The normalized spacial score (nSPS) is 11.3. The zero-order chi connectivity index (χ0) is 21.0. The fourth-order valence-corrected chi connectivity index (χ4v) is 3.24. The molecule has 0 aliphatic carbocycles. The van der Waals surface area contributed by atoms with Crippen LogP contribution in [-0.2, 0) is 16.1 Å². The second-order valence-electron chi connectivity index (χ2n) is 7.17. The Bertz CT molecular complexity index is 1120. The number of esters is 1. The molecular weight excluding hydrogens is 368 g/mol. The predicted molar refractivity (Wildman–Crippen MR) is 113 cm³/mol. The van der Waals surface area contributed by atoms with E-state index in [1.807, 2.05) is 43.3 Å². The molecule has 0 fully saturated rings. The summed E-state index contributed by atoms with van der Waals surface area (Å²) in [4.78, 5) is 24.1. The van der Waals surface area contributed by atoms with E-state index in [0.717, 1.165) is 22.1 Å². The van der Waals surface area contributed by atoms with Crippen molar-refractivity contribution in [3.05, 3.63) is 81.2 Å². The Morgan fingerprint density at radius 3 is 2.69 bits per heavy atom. The van der Waals surface area contributed by atoms with Crippen LogP contribution in [-0.4, -0.2) is 13.1 Å². The Balaban J connectivity index is 1.80. The highest BCUT2D eigenvalue weighted by molar-refractivity contribution is 5.87. The summed E-state index contributed by atoms with van der Waals surface area (Å²) in [5.41, 5.74) is 3.71. The van der Waals surface area contributed by atoms with Gasteiger partial charge in [-0.2, -0.15) is 0 Å². The molecule has 1 heterocycles. The smallest absolute Gasteiger partial charge is 0.336 e. The second kappa shape index (κ2) is 8.78. The molecule has 150 valence electrons. The number of ether oxygens (including phenoxy) is 2. The molecule has 0 bridgehead atoms. The maximum Gasteiger partial charge on any atom is 0.336 e. The molecule has 3 aromatic rings. The minimum absolute atomic E-state index is 0.00994. The van der Waals surface area contributed by atoms with Gasteiger partial charge in [0.25, 0.3) is 0 Å². The number of fused-ring (bicyclic) bond motifs is 1. The van der Waals surface area contributed by atoms with Crippen LogP contribution in [0.3, 0.4) is 0 Å². The number of aryl methyl sites for hydroxylation is 1. The average molecular weight is 392 g/mol. The first-order valence-corrected chi connectivity index (χ1v) is 9.43. The lowest BCUT2D eigenvalue weighted by atomic mass is 9.95. The molecule has 0 unspecified atom stereocenters. The minimum Gasteiger partial charge on any atom is -0.497 e. The van der Waals surface area contributed by atoms with E-state index in [4.69, 9.17) is 13.9 Å². The van der Waals surface area contributed by atoms with E-state index in [2.05, 4.69) is 13.8 Å². The first kappa shape index (κ1) is 20.4. The van der Waals surface area contributed by atoms with Crippen LogP contribution in [0.5, 0.6) is 5.75 Å². The van der Waals surface area contributed by atoms with Crippen LogP contribution in [0.4, 0.5) is 0 Å². The molecule has 1 aromatic heterocycles. The maximum absolute atomic E-state index is 12.2. The molecule has 5 heteroatoms. The summed E-state index contributed by atoms with van der Waals surface area (Å²) >= 11 is 0. The van der Waals surface area contributed by atoms with Crippen molar-refractivity contribution in [1.82, 2.24) is 0 Å². The Kier molecular flexibility index (Phi) is 6.17. The fourth-order valence-electron chi connectivity index (χ4n) is 3.24. The summed E-state index contributed by atoms with van der Waals surface area (Å²) in [5, 5.41) is 0.781. The molecule has 0 atom stereocenters. The van der Waals surface area contributed by atoms with Crippen molar-refractivity contribution < 1.29 is 18.7 Å². The summed E-state index contributed by atoms with van der Waals surface area (Å²) < 4.78 is 15.9. The monoisotopic (exact) mass is 392 g/mol. The van der Waals surface area contributed by atoms with Gasteiger partial charge in [0.1, 0.15) is 17.9 Å². The summed E-state index contributed by atoms with van der Waals surface area (Å²) in [6, 6.07) is 12.6. The highest BCUT2D eigenvalue weighted by Crippen LogP contribution is 2.27. The number of carbonyl (C=O) groups excluding carboxylic acids is 1. The summed E-state index contributed by atoms with van der Waals surface area (Å²) in [7, 11) is 1.59. The van der Waals surface area contributed by atoms with Gasteiger partial charge in [0.05, 0.1) is 7.11 Å². The van der Waals surface area contributed by atoms with Gasteiger partial charge in [-0.25, -0.2) is 9.59 Å². The molecule has 0 spiro atoms. The van der Waals surface area contributed by atoms with Crippen LogP contribution in [0, 0.1) is 6.92 Å². The topological polar surface area (TPSA) is 65.7 Å². The van der Waals surface area contributed by atoms with E-state index >= 15 is 0 Å². The van der Waals surface area contributed by atoms with Crippen molar-refractivity contribution in [1.29, 1.82) is 0 Å². The lowest BCUT2D eigenvalue weighted by Gasteiger charge is -2.13. The van der Waals surface area contributed by atoms with Crippen molar-refractivity contribution in [3.8, 4) is 5.75 Å². The molecular formula is C24H24O5. The first-order chi connectivity index (χ1) is 13.9. The third-order valence-corrected chi connectivity index (χ3v) is 4.71. The molecule has 0 N–H and O–H groups in total. The van der Waals surface area contributed by atoms with Crippen molar-refractivity contribution in [2.75, 3.05) is 7.11 Å². The summed E-state index contributed by atoms with van der Waals surface area (Å²) in [6.45, 7) is 6.20. The number of hydrogen-bond acceptors (Lipinski definition) is 5. The number of methoxy groups -OCH3 is 1. The molecule has 0 radical (unpaired) electrons. The predicted octanol–water partition coefficient (Wildman–Crippen LogP) is 4.99. The van der Waals surface area contributed by atoms with E-state index < -0.39 is 11.6 Å². The Morgan fingerprint density at radius 2 is 1.97 bits per heavy atom. The van der Waals surface area contributed by atoms with Crippen molar-refractivity contribution >= 4 is 23.0 Å². The van der Waals surface area contributed by atoms with Gasteiger partial charge in [-0.1, -0.05) is 26.0 Å². The molecule has 0 saturated heterocycles. The van der Waals surface area contributed by atoms with Crippen molar-refractivity contribution in [2.45, 2.75) is 33.3 Å². The molecule has 5 nitrogen and oxygen atoms in total. The molecule has 2 aromatic carbocycles. The van der Waals surface area contributed by atoms with E-state index in [1.165, 1.54) is 12.1 Å². The SMILES string of the molecule is COc1cccc(C=CC(=O)OCc2cc(=O)oc3cc(C)c(C(C)C)cc23)c1. The van der Waals surface area contributed by atoms with Gasteiger partial charge in [0, 0.05) is 23.1 Å². The lowest BCUT2D eigenvalue weighted by molar-refractivity contribution is -0.138. The highest BCUT2D eigenvalue weighted by atomic mass is 16.5. The van der Waals surface area contributed by atoms with Crippen LogP contribution < -0.4 is 10.4 Å². The Morgan fingerprint density at radius 1 is 1.17 bits per heavy atom. The number of carbonyl (C=O) groups is 1. The summed E-state index contributed by atoms with van der Waals surface area (Å²) in [5.74, 6) is 0.539. The zero-order valence-corrected chi connectivity index (χ0v) is 17.0. The quantitative estimate of drug-likeness (QED) is 0.336. The van der Waals surface area contributed by atoms with Gasteiger partial charge >= 0.3 is 11.6 Å². The van der Waals surface area contributed by atoms with Gasteiger partial charge in [-0.15, -0.1) is 0 Å². The van der Waals surface area contributed by atoms with Gasteiger partial charge in [0.2, 0.25) is 0 Å². The van der Waals surface area contributed by atoms with Crippen molar-refractivity contribution in [2.24, 2.45) is 0 Å². The molecule has 0 aliphatic rings. The van der Waals surface area contributed by atoms with E-state index in [9.17, 15) is 9.59 Å². The van der Waals surface area contributed by atoms with Crippen LogP contribution in [0.25, 0.3) is 17.0 Å². The number of rotatable bonds is 6. The van der Waals surface area contributed by atoms with E-state index in [-0.39, 0.29) is 6.61 Å². The zero-order valence-electron chi connectivity index (χ0n) is 17.0. The third-order valence-electron chi connectivity index (χ3n) is 4.71. The number of benzene rings is 2. The molecule has 0 amide bonds. The standard InChI is InChI=1S/C24H24O5/c1-15(2)20-13-21-18(12-24(26)29-22(21)10-16(20)3)14-28-23(25)9-8-17-6-5-7-19(11-17)27-4/h5-13,15H,14H2,1-4H3. The maximum atomic E-state index is 12.2. The highest BCUT2D eigenvalue weighted by Gasteiger charge is 2.12. The third kappa shape index (κ3) is 4.93. The lowest BCUT2D eigenvalue weighted by Crippen LogP contribution is -2.06. The fraction of sp³-hybridized carbons (Fsp3) is 0.250. The number of hydrogen-bond donors (Lipinski definition) is 0. The van der Waals surface area contributed by atoms with Crippen LogP contribution in [0.15, 0.2) is 57.8 Å². The van der Waals surface area contributed by atoms with Gasteiger partial charge in [0.15, 0.2) is 0 Å². The summed E-state index contributed by atoms with van der Waals surface area (Å²) in [6.07, 6.45) is 3.01. The molecule has 3 rings (SSSR count). The van der Waals surface area contributed by atoms with Crippen molar-refractivity contribution in [3.63, 3.8) is 0 Å². The second-order valence-corrected chi connectivity index (χ2v) is 7.17. The minimum atomic E-state index is -0.495. The molecule has 29 heavy (non-hydrogen) atoms. The van der Waals surface area contributed by atoms with Crippen LogP contribution in [0.1, 0.15) is 42.0 Å². The van der Waals surface area contributed by atoms with Gasteiger partial charge < -0.3 is 13.9 Å². The van der Waals surface area contributed by atoms with Crippen LogP contribution >= 0.6 is 0 Å². The van der Waals surface area contributed by atoms with E-state index in [1.54, 1.807) is 13.2 Å². The van der Waals surface area contributed by atoms with Gasteiger partial charge in [-0.05, 0) is 59.9 Å². The molecule has 0 saturated carbocycles. The Labute approximate surface area is 169 Å². The molecule has 0 aliphatic heterocycles. The largest absolute Gasteiger partial charge is 0.497 e. The van der Waals surface area contributed by atoms with Gasteiger partial charge in [-0.3, -0.25) is 0 Å². The first-order valence-electron chi connectivity index (χ1n) is 9.43. The van der Waals surface area contributed by atoms with E-state index in [0.29, 0.717) is 22.8 Å². The van der Waals surface area contributed by atoms with Crippen LogP contribution in [0.2, 0.25) is 0 Å². The average Bonchev–Trinajstić information content (AvgIpc) is 2.69.